The van der Waals surface area contributed by atoms with Crippen LogP contribution in [0.1, 0.15) is 56.7 Å². The molecule has 120 valence electrons. The SMILES string of the molecule is CCCCCCCCc1c(C)c(=O)c2ccccc2n1CI. The van der Waals surface area contributed by atoms with Gasteiger partial charge in [-0.2, -0.15) is 0 Å². The first kappa shape index (κ1) is 17.5. The highest BCUT2D eigenvalue weighted by Gasteiger charge is 2.12. The lowest BCUT2D eigenvalue weighted by atomic mass is 10.0. The van der Waals surface area contributed by atoms with E-state index in [9.17, 15) is 4.79 Å². The Morgan fingerprint density at radius 2 is 1.73 bits per heavy atom. The molecule has 0 aliphatic heterocycles. The summed E-state index contributed by atoms with van der Waals surface area (Å²) >= 11 is 2.40. The number of hydrogen-bond acceptors (Lipinski definition) is 1. The molecule has 0 bridgehead atoms. The van der Waals surface area contributed by atoms with E-state index in [-0.39, 0.29) is 5.43 Å². The molecule has 1 aromatic carbocycles. The lowest BCUT2D eigenvalue weighted by Crippen LogP contribution is -2.17. The molecule has 0 amide bonds. The molecule has 0 radical (unpaired) electrons. The van der Waals surface area contributed by atoms with Gasteiger partial charge in [-0.3, -0.25) is 4.79 Å². The monoisotopic (exact) mass is 411 g/mol. The topological polar surface area (TPSA) is 22.0 Å². The van der Waals surface area contributed by atoms with E-state index in [0.717, 1.165) is 27.4 Å². The van der Waals surface area contributed by atoms with E-state index in [0.29, 0.717) is 0 Å². The summed E-state index contributed by atoms with van der Waals surface area (Å²) in [6.07, 6.45) is 8.74. The van der Waals surface area contributed by atoms with E-state index in [1.54, 1.807) is 0 Å². The zero-order valence-corrected chi connectivity index (χ0v) is 15.9. The fourth-order valence-electron chi connectivity index (χ4n) is 3.11. The third kappa shape index (κ3) is 3.92. The first-order valence-electron chi connectivity index (χ1n) is 8.37. The Labute approximate surface area is 147 Å². The van der Waals surface area contributed by atoms with Crippen molar-refractivity contribution in [2.75, 3.05) is 0 Å². The first-order chi connectivity index (χ1) is 10.7. The molecule has 0 N–H and O–H groups in total. The number of fused-ring (bicyclic) bond motifs is 1. The summed E-state index contributed by atoms with van der Waals surface area (Å²) in [5.41, 5.74) is 3.45. The van der Waals surface area contributed by atoms with Crippen LogP contribution in [-0.4, -0.2) is 4.57 Å². The van der Waals surface area contributed by atoms with Crippen LogP contribution in [0.3, 0.4) is 0 Å². The van der Waals surface area contributed by atoms with E-state index in [2.05, 4.69) is 40.1 Å². The van der Waals surface area contributed by atoms with Crippen LogP contribution in [0.5, 0.6) is 0 Å². The minimum atomic E-state index is 0.206. The van der Waals surface area contributed by atoms with Gasteiger partial charge in [0.15, 0.2) is 5.43 Å². The average Bonchev–Trinajstić information content (AvgIpc) is 2.55. The molecule has 0 atom stereocenters. The lowest BCUT2D eigenvalue weighted by molar-refractivity contribution is 0.598. The van der Waals surface area contributed by atoms with Gasteiger partial charge in [0.25, 0.3) is 0 Å². The zero-order valence-electron chi connectivity index (χ0n) is 13.7. The van der Waals surface area contributed by atoms with Crippen molar-refractivity contribution in [1.29, 1.82) is 0 Å². The quantitative estimate of drug-likeness (QED) is 0.315. The Kier molecular flexibility index (Phi) is 6.93. The van der Waals surface area contributed by atoms with E-state index < -0.39 is 0 Å². The number of hydrogen-bond donors (Lipinski definition) is 0. The zero-order chi connectivity index (χ0) is 15.9. The maximum absolute atomic E-state index is 12.6. The highest BCUT2D eigenvalue weighted by Crippen LogP contribution is 2.20. The third-order valence-corrected chi connectivity index (χ3v) is 5.11. The second-order valence-electron chi connectivity index (χ2n) is 5.98. The first-order valence-corrected chi connectivity index (χ1v) is 9.90. The third-order valence-electron chi connectivity index (χ3n) is 4.43. The normalized spacial score (nSPS) is 11.2. The highest BCUT2D eigenvalue weighted by atomic mass is 127. The molecule has 0 unspecified atom stereocenters. The van der Waals surface area contributed by atoms with Gasteiger partial charge in [-0.25, -0.2) is 0 Å². The number of benzene rings is 1. The summed E-state index contributed by atoms with van der Waals surface area (Å²) in [6.45, 7) is 4.24. The van der Waals surface area contributed by atoms with Crippen molar-refractivity contribution in [3.8, 4) is 0 Å². The van der Waals surface area contributed by atoms with Crippen LogP contribution in [0.25, 0.3) is 10.9 Å². The van der Waals surface area contributed by atoms with E-state index in [1.165, 1.54) is 44.2 Å². The van der Waals surface area contributed by atoms with Gasteiger partial charge < -0.3 is 4.57 Å². The Balaban J connectivity index is 2.22. The smallest absolute Gasteiger partial charge is 0.192 e. The van der Waals surface area contributed by atoms with E-state index in [4.69, 9.17) is 0 Å². The molecule has 3 heteroatoms. The van der Waals surface area contributed by atoms with Crippen LogP contribution in [0, 0.1) is 6.92 Å². The van der Waals surface area contributed by atoms with Gasteiger partial charge in [-0.05, 0) is 31.9 Å². The van der Waals surface area contributed by atoms with Crippen LogP contribution in [0.4, 0.5) is 0 Å². The highest BCUT2D eigenvalue weighted by molar-refractivity contribution is 14.1. The van der Waals surface area contributed by atoms with Crippen molar-refractivity contribution in [3.05, 3.63) is 45.7 Å². The van der Waals surface area contributed by atoms with Gasteiger partial charge >= 0.3 is 0 Å². The number of alkyl halides is 1. The maximum Gasteiger partial charge on any atom is 0.192 e. The van der Waals surface area contributed by atoms with Crippen molar-refractivity contribution in [3.63, 3.8) is 0 Å². The molecular formula is C19H26INO. The van der Waals surface area contributed by atoms with Gasteiger partial charge in [0.05, 0.1) is 10.1 Å². The van der Waals surface area contributed by atoms with Crippen LogP contribution >= 0.6 is 22.6 Å². The summed E-state index contributed by atoms with van der Waals surface area (Å²) in [4.78, 5) is 12.6. The van der Waals surface area contributed by atoms with Crippen molar-refractivity contribution in [2.24, 2.45) is 0 Å². The number of rotatable bonds is 8. The second kappa shape index (κ2) is 8.70. The number of nitrogens with zero attached hydrogens (tertiary/aromatic N) is 1. The van der Waals surface area contributed by atoms with Crippen molar-refractivity contribution >= 4 is 33.5 Å². The molecule has 2 aromatic rings. The molecule has 1 heterocycles. The molecule has 0 saturated carbocycles. The van der Waals surface area contributed by atoms with Gasteiger partial charge in [-0.15, -0.1) is 0 Å². The van der Waals surface area contributed by atoms with Crippen LogP contribution < -0.4 is 5.43 Å². The van der Waals surface area contributed by atoms with Gasteiger partial charge in [0, 0.05) is 16.6 Å². The Hall–Kier alpha value is -0.840. The molecule has 1 aromatic heterocycles. The Bertz CT molecular complexity index is 675. The minimum Gasteiger partial charge on any atom is -0.334 e. The molecule has 0 saturated heterocycles. The fourth-order valence-corrected chi connectivity index (χ4v) is 3.89. The molecule has 0 spiro atoms. The van der Waals surface area contributed by atoms with Gasteiger partial charge in [0.2, 0.25) is 0 Å². The number of unbranched alkanes of at least 4 members (excludes halogenated alkanes) is 5. The predicted molar refractivity (Wildman–Crippen MR) is 104 cm³/mol. The lowest BCUT2D eigenvalue weighted by Gasteiger charge is -2.17. The molecular weight excluding hydrogens is 385 g/mol. The minimum absolute atomic E-state index is 0.206. The number of pyridine rings is 1. The van der Waals surface area contributed by atoms with Crippen LogP contribution in [0.15, 0.2) is 29.1 Å². The standard InChI is InChI=1S/C19H26INO/c1-3-4-5-6-7-8-12-17-15(2)19(22)16-11-9-10-13-18(16)21(17)14-20/h9-11,13H,3-8,12,14H2,1-2H3. The molecule has 2 nitrogen and oxygen atoms in total. The molecule has 0 aliphatic carbocycles. The summed E-state index contributed by atoms with van der Waals surface area (Å²) in [7, 11) is 0. The maximum atomic E-state index is 12.6. The summed E-state index contributed by atoms with van der Waals surface area (Å²) in [5.74, 6) is 0. The van der Waals surface area contributed by atoms with Crippen LogP contribution in [0.2, 0.25) is 0 Å². The number of aromatic nitrogens is 1. The summed E-state index contributed by atoms with van der Waals surface area (Å²) in [5, 5.41) is 0.850. The van der Waals surface area contributed by atoms with Crippen molar-refractivity contribution in [1.82, 2.24) is 4.57 Å². The fraction of sp³-hybridized carbons (Fsp3) is 0.526. The molecule has 0 fully saturated rings. The van der Waals surface area contributed by atoms with Gasteiger partial charge in [0.1, 0.15) is 0 Å². The predicted octanol–water partition coefficient (Wildman–Crippen LogP) is 5.61. The Morgan fingerprint density at radius 3 is 2.45 bits per heavy atom. The van der Waals surface area contributed by atoms with E-state index in [1.807, 2.05) is 25.1 Å². The largest absolute Gasteiger partial charge is 0.334 e. The summed E-state index contributed by atoms with van der Waals surface area (Å²) in [6, 6.07) is 7.99. The number of para-hydroxylation sites is 1. The van der Waals surface area contributed by atoms with Crippen LogP contribution in [-0.2, 0) is 11.0 Å². The summed E-state index contributed by atoms with van der Waals surface area (Å²) < 4.78 is 3.21. The van der Waals surface area contributed by atoms with E-state index >= 15 is 0 Å². The average molecular weight is 411 g/mol. The van der Waals surface area contributed by atoms with Crippen molar-refractivity contribution in [2.45, 2.75) is 63.3 Å². The second-order valence-corrected chi connectivity index (χ2v) is 6.67. The molecule has 2 rings (SSSR count). The van der Waals surface area contributed by atoms with Gasteiger partial charge in [-0.1, -0.05) is 73.8 Å². The molecule has 0 aliphatic rings. The molecule has 22 heavy (non-hydrogen) atoms. The van der Waals surface area contributed by atoms with Crippen molar-refractivity contribution < 1.29 is 0 Å². The Morgan fingerprint density at radius 1 is 1.05 bits per heavy atom. The number of halogens is 1.